The summed E-state index contributed by atoms with van der Waals surface area (Å²) in [6, 6.07) is -0.0168. The molecule has 2 amide bonds. The molecule has 0 atom stereocenters. The Bertz CT molecular complexity index is 331. The number of urea groups is 1. The fourth-order valence-electron chi connectivity index (χ4n) is 1.50. The number of likely N-dealkylation sites (tertiary alicyclic amines) is 1. The van der Waals surface area contributed by atoms with Crippen LogP contribution in [0, 0.1) is 6.92 Å². The molecule has 2 heterocycles. The first-order chi connectivity index (χ1) is 6.75. The number of thiazole rings is 1. The quantitative estimate of drug-likeness (QED) is 0.773. The summed E-state index contributed by atoms with van der Waals surface area (Å²) in [5.41, 5.74) is 0.951. The van der Waals surface area contributed by atoms with Gasteiger partial charge >= 0.3 is 6.03 Å². The number of carbonyl (C=O) groups is 1. The Morgan fingerprint density at radius 1 is 1.57 bits per heavy atom. The van der Waals surface area contributed by atoms with Crippen LogP contribution in [0.5, 0.6) is 0 Å². The van der Waals surface area contributed by atoms with E-state index in [0.717, 1.165) is 31.6 Å². The molecule has 14 heavy (non-hydrogen) atoms. The normalized spacial score (nSPS) is 15.9. The van der Waals surface area contributed by atoms with Gasteiger partial charge in [0.1, 0.15) is 0 Å². The number of aryl methyl sites for hydroxylation is 1. The maximum absolute atomic E-state index is 11.6. The molecule has 1 saturated heterocycles. The first kappa shape index (κ1) is 9.45. The van der Waals surface area contributed by atoms with Crippen LogP contribution < -0.4 is 5.32 Å². The molecule has 0 saturated carbocycles. The first-order valence-corrected chi connectivity index (χ1v) is 5.62. The average Bonchev–Trinajstić information content (AvgIpc) is 2.75. The minimum absolute atomic E-state index is 0.0168. The van der Waals surface area contributed by atoms with Crippen molar-refractivity contribution >= 4 is 22.5 Å². The van der Waals surface area contributed by atoms with Crippen molar-refractivity contribution in [1.82, 2.24) is 9.88 Å². The third kappa shape index (κ3) is 2.04. The zero-order valence-electron chi connectivity index (χ0n) is 8.12. The lowest BCUT2D eigenvalue weighted by molar-refractivity contribution is 0.222. The standard InChI is InChI=1S/C9H13N3OS/c1-7-6-14-8(10-7)11-9(13)12-4-2-3-5-12/h6H,2-5H2,1H3,(H,10,11,13). The Labute approximate surface area is 86.9 Å². The minimum Gasteiger partial charge on any atom is -0.324 e. The highest BCUT2D eigenvalue weighted by Crippen LogP contribution is 2.16. The van der Waals surface area contributed by atoms with Crippen LogP contribution >= 0.6 is 11.3 Å². The molecule has 0 unspecified atom stereocenters. The van der Waals surface area contributed by atoms with E-state index in [1.807, 2.05) is 17.2 Å². The first-order valence-electron chi connectivity index (χ1n) is 4.74. The van der Waals surface area contributed by atoms with Gasteiger partial charge in [0, 0.05) is 18.5 Å². The van der Waals surface area contributed by atoms with E-state index in [-0.39, 0.29) is 6.03 Å². The number of amides is 2. The van der Waals surface area contributed by atoms with Crippen LogP contribution in [0.25, 0.3) is 0 Å². The largest absolute Gasteiger partial charge is 0.324 e. The molecule has 5 heteroatoms. The summed E-state index contributed by atoms with van der Waals surface area (Å²) < 4.78 is 0. The lowest BCUT2D eigenvalue weighted by atomic mass is 10.4. The van der Waals surface area contributed by atoms with E-state index in [4.69, 9.17) is 0 Å². The Morgan fingerprint density at radius 3 is 2.86 bits per heavy atom. The number of aromatic nitrogens is 1. The van der Waals surface area contributed by atoms with Crippen LogP contribution in [0.4, 0.5) is 9.93 Å². The molecule has 1 aromatic rings. The second-order valence-electron chi connectivity index (χ2n) is 3.42. The van der Waals surface area contributed by atoms with Crippen molar-refractivity contribution in [2.75, 3.05) is 18.4 Å². The molecular weight excluding hydrogens is 198 g/mol. The summed E-state index contributed by atoms with van der Waals surface area (Å²) in [5.74, 6) is 0. The van der Waals surface area contributed by atoms with E-state index in [0.29, 0.717) is 5.13 Å². The van der Waals surface area contributed by atoms with Crippen molar-refractivity contribution in [1.29, 1.82) is 0 Å². The Hall–Kier alpha value is -1.10. The van der Waals surface area contributed by atoms with Crippen LogP contribution in [0.1, 0.15) is 18.5 Å². The number of hydrogen-bond acceptors (Lipinski definition) is 3. The van der Waals surface area contributed by atoms with Gasteiger partial charge in [0.05, 0.1) is 5.69 Å². The second kappa shape index (κ2) is 3.96. The maximum atomic E-state index is 11.6. The molecule has 2 rings (SSSR count). The van der Waals surface area contributed by atoms with Crippen molar-refractivity contribution in [3.8, 4) is 0 Å². The molecule has 0 radical (unpaired) electrons. The molecule has 0 bridgehead atoms. The fraction of sp³-hybridized carbons (Fsp3) is 0.556. The molecule has 0 spiro atoms. The van der Waals surface area contributed by atoms with Gasteiger partial charge in [-0.1, -0.05) is 0 Å². The number of anilines is 1. The SMILES string of the molecule is Cc1csc(NC(=O)N2CCCC2)n1. The molecule has 1 fully saturated rings. The van der Waals surface area contributed by atoms with Crippen LogP contribution in [0.15, 0.2) is 5.38 Å². The van der Waals surface area contributed by atoms with Crippen LogP contribution in [-0.2, 0) is 0 Å². The smallest absolute Gasteiger partial charge is 0.323 e. The van der Waals surface area contributed by atoms with Crippen LogP contribution in [-0.4, -0.2) is 29.0 Å². The Kier molecular flexibility index (Phi) is 2.67. The van der Waals surface area contributed by atoms with E-state index in [9.17, 15) is 4.79 Å². The van der Waals surface area contributed by atoms with E-state index in [2.05, 4.69) is 10.3 Å². The highest BCUT2D eigenvalue weighted by molar-refractivity contribution is 7.13. The minimum atomic E-state index is -0.0168. The number of nitrogens with one attached hydrogen (secondary N) is 1. The molecule has 0 aromatic carbocycles. The predicted octanol–water partition coefficient (Wildman–Crippen LogP) is 2.08. The Balaban J connectivity index is 1.93. The van der Waals surface area contributed by atoms with Gasteiger partial charge in [-0.2, -0.15) is 0 Å². The Morgan fingerprint density at radius 2 is 2.29 bits per heavy atom. The summed E-state index contributed by atoms with van der Waals surface area (Å²) in [4.78, 5) is 17.6. The molecule has 76 valence electrons. The van der Waals surface area contributed by atoms with Gasteiger partial charge in [0.25, 0.3) is 0 Å². The van der Waals surface area contributed by atoms with E-state index in [1.54, 1.807) is 0 Å². The molecule has 1 N–H and O–H groups in total. The number of carbonyl (C=O) groups excluding carboxylic acids is 1. The molecule has 1 aliphatic rings. The van der Waals surface area contributed by atoms with Crippen LogP contribution in [0.3, 0.4) is 0 Å². The predicted molar refractivity (Wildman–Crippen MR) is 56.7 cm³/mol. The van der Waals surface area contributed by atoms with Crippen LogP contribution in [0.2, 0.25) is 0 Å². The fourth-order valence-corrected chi connectivity index (χ4v) is 2.18. The van der Waals surface area contributed by atoms with Gasteiger partial charge in [0.15, 0.2) is 5.13 Å². The lowest BCUT2D eigenvalue weighted by Gasteiger charge is -2.14. The van der Waals surface area contributed by atoms with Crippen molar-refractivity contribution in [2.24, 2.45) is 0 Å². The molecule has 1 aliphatic heterocycles. The van der Waals surface area contributed by atoms with E-state index >= 15 is 0 Å². The van der Waals surface area contributed by atoms with E-state index in [1.165, 1.54) is 11.3 Å². The van der Waals surface area contributed by atoms with Gasteiger partial charge < -0.3 is 4.90 Å². The van der Waals surface area contributed by atoms with Crippen molar-refractivity contribution in [3.05, 3.63) is 11.1 Å². The third-order valence-corrected chi connectivity index (χ3v) is 3.10. The third-order valence-electron chi connectivity index (χ3n) is 2.23. The molecule has 4 nitrogen and oxygen atoms in total. The second-order valence-corrected chi connectivity index (χ2v) is 4.28. The number of hydrogen-bond donors (Lipinski definition) is 1. The number of rotatable bonds is 1. The van der Waals surface area contributed by atoms with Gasteiger partial charge in [-0.25, -0.2) is 9.78 Å². The van der Waals surface area contributed by atoms with Gasteiger partial charge in [-0.15, -0.1) is 11.3 Å². The summed E-state index contributed by atoms with van der Waals surface area (Å²) in [6.07, 6.45) is 2.23. The van der Waals surface area contributed by atoms with Crippen molar-refractivity contribution in [2.45, 2.75) is 19.8 Å². The molecule has 1 aromatic heterocycles. The van der Waals surface area contributed by atoms with Crippen molar-refractivity contribution < 1.29 is 4.79 Å². The molecule has 0 aliphatic carbocycles. The highest BCUT2D eigenvalue weighted by Gasteiger charge is 2.18. The van der Waals surface area contributed by atoms with E-state index < -0.39 is 0 Å². The van der Waals surface area contributed by atoms with Gasteiger partial charge in [0.2, 0.25) is 0 Å². The summed E-state index contributed by atoms with van der Waals surface area (Å²) in [6.45, 7) is 3.66. The number of nitrogens with zero attached hydrogens (tertiary/aromatic N) is 2. The zero-order valence-corrected chi connectivity index (χ0v) is 8.93. The van der Waals surface area contributed by atoms with Crippen molar-refractivity contribution in [3.63, 3.8) is 0 Å². The average molecular weight is 211 g/mol. The maximum Gasteiger partial charge on any atom is 0.323 e. The summed E-state index contributed by atoms with van der Waals surface area (Å²) >= 11 is 1.47. The monoisotopic (exact) mass is 211 g/mol. The zero-order chi connectivity index (χ0) is 9.97. The van der Waals surface area contributed by atoms with Gasteiger partial charge in [-0.3, -0.25) is 5.32 Å². The summed E-state index contributed by atoms with van der Waals surface area (Å²) in [7, 11) is 0. The van der Waals surface area contributed by atoms with Gasteiger partial charge in [-0.05, 0) is 19.8 Å². The molecular formula is C9H13N3OS. The topological polar surface area (TPSA) is 45.2 Å². The summed E-state index contributed by atoms with van der Waals surface area (Å²) in [5, 5.41) is 5.42. The lowest BCUT2D eigenvalue weighted by Crippen LogP contribution is -2.32. The highest BCUT2D eigenvalue weighted by atomic mass is 32.1.